The van der Waals surface area contributed by atoms with E-state index in [-0.39, 0.29) is 5.56 Å². The summed E-state index contributed by atoms with van der Waals surface area (Å²) in [5.41, 5.74) is 5.61. The zero-order chi connectivity index (χ0) is 24.3. The molecule has 172 valence electrons. The highest BCUT2D eigenvalue weighted by atomic mass is 35.5. The van der Waals surface area contributed by atoms with Crippen molar-refractivity contribution in [3.63, 3.8) is 0 Å². The molecule has 35 heavy (non-hydrogen) atoms. The van der Waals surface area contributed by atoms with Gasteiger partial charge in [-0.1, -0.05) is 53.5 Å². The van der Waals surface area contributed by atoms with Gasteiger partial charge in [-0.25, -0.2) is 15.0 Å². The third-order valence-corrected chi connectivity index (χ3v) is 6.71. The Bertz CT molecular complexity index is 1840. The Morgan fingerprint density at radius 1 is 0.800 bits per heavy atom. The average molecular weight is 500 g/mol. The van der Waals surface area contributed by atoms with Crippen LogP contribution in [-0.4, -0.2) is 24.1 Å². The van der Waals surface area contributed by atoms with Crippen LogP contribution in [-0.2, 0) is 6.54 Å². The molecule has 3 heterocycles. The van der Waals surface area contributed by atoms with Gasteiger partial charge in [-0.15, -0.1) is 0 Å². The molecule has 6 aromatic rings. The van der Waals surface area contributed by atoms with Gasteiger partial charge in [0.25, 0.3) is 5.56 Å². The summed E-state index contributed by atoms with van der Waals surface area (Å²) in [6.45, 7) is 4.20. The van der Waals surface area contributed by atoms with Crippen molar-refractivity contribution >= 4 is 56.4 Å². The number of fused-ring (bicyclic) bond motifs is 4. The molecule has 0 amide bonds. The fourth-order valence-electron chi connectivity index (χ4n) is 4.44. The van der Waals surface area contributed by atoms with Crippen LogP contribution in [0.3, 0.4) is 0 Å². The van der Waals surface area contributed by atoms with Gasteiger partial charge in [0.15, 0.2) is 11.3 Å². The minimum absolute atomic E-state index is 0.171. The van der Waals surface area contributed by atoms with Crippen molar-refractivity contribution in [2.45, 2.75) is 20.4 Å². The normalized spacial score (nSPS) is 11.7. The predicted molar refractivity (Wildman–Crippen MR) is 141 cm³/mol. The van der Waals surface area contributed by atoms with Gasteiger partial charge < -0.3 is 0 Å². The lowest BCUT2D eigenvalue weighted by Gasteiger charge is -2.13. The van der Waals surface area contributed by atoms with Crippen LogP contribution in [0, 0.1) is 13.8 Å². The largest absolute Gasteiger partial charge is 0.292 e. The van der Waals surface area contributed by atoms with Crippen LogP contribution in [0.1, 0.15) is 17.0 Å². The summed E-state index contributed by atoms with van der Waals surface area (Å²) in [6.07, 6.45) is 0. The van der Waals surface area contributed by atoms with Crippen LogP contribution in [0.5, 0.6) is 0 Å². The number of hydrogen-bond acceptors (Lipinski definition) is 4. The number of aromatic nitrogens is 5. The molecule has 0 fully saturated rings. The monoisotopic (exact) mass is 499 g/mol. The molecule has 0 saturated carbocycles. The number of aryl methyl sites for hydroxylation is 2. The third-order valence-electron chi connectivity index (χ3n) is 6.22. The highest BCUT2D eigenvalue weighted by Gasteiger charge is 2.23. The van der Waals surface area contributed by atoms with Gasteiger partial charge in [0.2, 0.25) is 0 Å². The summed E-state index contributed by atoms with van der Waals surface area (Å²) < 4.78 is 3.56. The van der Waals surface area contributed by atoms with Crippen LogP contribution in [0.4, 0.5) is 0 Å². The molecule has 3 aromatic carbocycles. The van der Waals surface area contributed by atoms with Gasteiger partial charge in [-0.2, -0.15) is 0 Å². The Kier molecular flexibility index (Phi) is 5.09. The van der Waals surface area contributed by atoms with E-state index in [1.54, 1.807) is 4.57 Å². The van der Waals surface area contributed by atoms with E-state index in [0.29, 0.717) is 50.1 Å². The van der Waals surface area contributed by atoms with E-state index < -0.39 is 0 Å². The second-order valence-electron chi connectivity index (χ2n) is 8.53. The molecule has 0 spiro atoms. The van der Waals surface area contributed by atoms with Crippen molar-refractivity contribution < 1.29 is 0 Å². The molecule has 0 unspecified atom stereocenters. The zero-order valence-electron chi connectivity index (χ0n) is 19.0. The Labute approximate surface area is 210 Å². The predicted octanol–water partition coefficient (Wildman–Crippen LogP) is 6.26. The molecule has 0 atom stereocenters. The molecule has 3 aromatic heterocycles. The lowest BCUT2D eigenvalue weighted by atomic mass is 10.2. The fourth-order valence-corrected chi connectivity index (χ4v) is 4.73. The minimum atomic E-state index is -0.171. The molecule has 0 saturated heterocycles. The Morgan fingerprint density at radius 3 is 2.23 bits per heavy atom. The second-order valence-corrected chi connectivity index (χ2v) is 9.40. The van der Waals surface area contributed by atoms with Gasteiger partial charge in [-0.05, 0) is 61.4 Å². The number of rotatable bonds is 3. The summed E-state index contributed by atoms with van der Waals surface area (Å²) in [6, 6.07) is 20.7. The maximum absolute atomic E-state index is 14.0. The maximum atomic E-state index is 14.0. The molecule has 0 aliphatic heterocycles. The van der Waals surface area contributed by atoms with Gasteiger partial charge >= 0.3 is 0 Å². The number of nitrogens with zero attached hydrogens (tertiary/aromatic N) is 5. The summed E-state index contributed by atoms with van der Waals surface area (Å²) >= 11 is 12.4. The Balaban J connectivity index is 1.73. The maximum Gasteiger partial charge on any atom is 0.265 e. The number of hydrogen-bond donors (Lipinski definition) is 0. The molecule has 0 aliphatic rings. The highest BCUT2D eigenvalue weighted by molar-refractivity contribution is 6.31. The Hall–Kier alpha value is -3.74. The second kappa shape index (κ2) is 8.18. The molecule has 0 bridgehead atoms. The van der Waals surface area contributed by atoms with Crippen molar-refractivity contribution in [3.05, 3.63) is 104 Å². The lowest BCUT2D eigenvalue weighted by molar-refractivity contribution is 0.711. The van der Waals surface area contributed by atoms with E-state index in [4.69, 9.17) is 38.2 Å². The van der Waals surface area contributed by atoms with E-state index >= 15 is 0 Å². The first-order valence-electron chi connectivity index (χ1n) is 11.1. The molecule has 0 N–H and O–H groups in total. The first-order chi connectivity index (χ1) is 16.9. The summed E-state index contributed by atoms with van der Waals surface area (Å²) in [4.78, 5) is 28.6. The third kappa shape index (κ3) is 3.57. The van der Waals surface area contributed by atoms with Gasteiger partial charge in [-0.3, -0.25) is 13.9 Å². The molecule has 6 rings (SSSR count). The molecule has 8 heteroatoms. The molecular weight excluding hydrogens is 481 g/mol. The molecular formula is C27H19Cl2N5O. The number of benzene rings is 3. The number of halogens is 2. The van der Waals surface area contributed by atoms with Crippen molar-refractivity contribution in [2.24, 2.45) is 0 Å². The van der Waals surface area contributed by atoms with E-state index in [1.807, 2.05) is 85.1 Å². The van der Waals surface area contributed by atoms with Crippen LogP contribution < -0.4 is 5.56 Å². The van der Waals surface area contributed by atoms with Crippen molar-refractivity contribution in [2.75, 3.05) is 0 Å². The lowest BCUT2D eigenvalue weighted by Crippen LogP contribution is -2.24. The van der Waals surface area contributed by atoms with E-state index in [0.717, 1.165) is 22.3 Å². The summed E-state index contributed by atoms with van der Waals surface area (Å²) in [5.74, 6) is 0.589. The van der Waals surface area contributed by atoms with E-state index in [1.165, 1.54) is 0 Å². The molecule has 6 nitrogen and oxygen atoms in total. The molecule has 0 aliphatic carbocycles. The van der Waals surface area contributed by atoms with Crippen molar-refractivity contribution in [1.29, 1.82) is 0 Å². The van der Waals surface area contributed by atoms with Crippen LogP contribution in [0.15, 0.2) is 71.5 Å². The van der Waals surface area contributed by atoms with Gasteiger partial charge in [0.1, 0.15) is 16.7 Å². The quantitative estimate of drug-likeness (QED) is 0.288. The summed E-state index contributed by atoms with van der Waals surface area (Å²) in [5, 5.41) is 1.66. The van der Waals surface area contributed by atoms with Gasteiger partial charge in [0, 0.05) is 10.0 Å². The first-order valence-corrected chi connectivity index (χ1v) is 11.9. The van der Waals surface area contributed by atoms with E-state index in [2.05, 4.69) is 0 Å². The highest BCUT2D eigenvalue weighted by Crippen LogP contribution is 2.31. The SMILES string of the molecule is Cc1ccc(Cl)cc1-n1c2nc3ccccc3nc2c2c(=O)n(Cc3ccc(Cl)cc3)c(C)nc21. The Morgan fingerprint density at radius 2 is 1.49 bits per heavy atom. The van der Waals surface area contributed by atoms with Crippen molar-refractivity contribution in [1.82, 2.24) is 24.1 Å². The summed E-state index contributed by atoms with van der Waals surface area (Å²) in [7, 11) is 0. The van der Waals surface area contributed by atoms with Crippen LogP contribution in [0.2, 0.25) is 10.0 Å². The topological polar surface area (TPSA) is 65.6 Å². The minimum Gasteiger partial charge on any atom is -0.292 e. The molecule has 0 radical (unpaired) electrons. The average Bonchev–Trinajstić information content (AvgIpc) is 3.15. The number of para-hydroxylation sites is 2. The zero-order valence-corrected chi connectivity index (χ0v) is 20.5. The standard InChI is InChI=1S/C27H19Cl2N5O/c1-15-7-10-19(29)13-22(15)34-25-23(24-26(34)32-21-6-4-3-5-20(21)31-24)27(35)33(16(2)30-25)14-17-8-11-18(28)12-9-17/h3-13H,14H2,1-2H3. The van der Waals surface area contributed by atoms with Crippen LogP contribution >= 0.6 is 23.2 Å². The van der Waals surface area contributed by atoms with Gasteiger partial charge in [0.05, 0.1) is 23.3 Å². The van der Waals surface area contributed by atoms with Crippen LogP contribution in [0.25, 0.3) is 38.9 Å². The smallest absolute Gasteiger partial charge is 0.265 e. The van der Waals surface area contributed by atoms with E-state index in [9.17, 15) is 4.79 Å². The fraction of sp³-hybridized carbons (Fsp3) is 0.111. The first kappa shape index (κ1) is 21.8. The van der Waals surface area contributed by atoms with Crippen molar-refractivity contribution in [3.8, 4) is 5.69 Å².